The van der Waals surface area contributed by atoms with Crippen LogP contribution in [0.5, 0.6) is 0 Å². The van der Waals surface area contributed by atoms with E-state index in [0.29, 0.717) is 29.1 Å². The number of benzene rings is 4. The number of anilines is 1. The van der Waals surface area contributed by atoms with Gasteiger partial charge in [-0.25, -0.2) is 4.98 Å². The lowest BCUT2D eigenvalue weighted by Crippen LogP contribution is -2.26. The van der Waals surface area contributed by atoms with E-state index >= 15 is 0 Å². The van der Waals surface area contributed by atoms with Crippen molar-refractivity contribution in [1.29, 1.82) is 0 Å². The Kier molecular flexibility index (Phi) is 8.32. The smallest absolute Gasteiger partial charge is 0.234 e. The Morgan fingerprint density at radius 3 is 2.52 bits per heavy atom. The first kappa shape index (κ1) is 28.6. The standard InChI is InChI=1S/C33H28N6O2S3/c40-30(35-24-15-16-27-28(18-24)44-33(36-27)43-20-31(41)34-23-13-14-23)19-42-32-38-37-29(39(32)25-10-2-1-3-11-25)17-22-9-6-8-21-7-4-5-12-26(21)22/h1-12,15-16,18,23H,13-14,17,19-20H2,(H,34,41)(H,35,40). The molecule has 1 aliphatic rings. The van der Waals surface area contributed by atoms with Gasteiger partial charge < -0.3 is 10.6 Å². The van der Waals surface area contributed by atoms with Crippen LogP contribution in [0.2, 0.25) is 0 Å². The number of fused-ring (bicyclic) bond motifs is 2. The SMILES string of the molecule is O=C(CSc1nnc(Cc2cccc3ccccc23)n1-c1ccccc1)Nc1ccc2nc(SCC(=O)NC3CC3)sc2c1. The van der Waals surface area contributed by atoms with Crippen molar-refractivity contribution in [2.75, 3.05) is 16.8 Å². The second-order valence-corrected chi connectivity index (χ2v) is 13.7. The van der Waals surface area contributed by atoms with Crippen molar-refractivity contribution in [3.63, 3.8) is 0 Å². The van der Waals surface area contributed by atoms with Crippen molar-refractivity contribution < 1.29 is 9.59 Å². The van der Waals surface area contributed by atoms with E-state index < -0.39 is 0 Å². The fourth-order valence-corrected chi connectivity index (χ4v) is 7.65. The summed E-state index contributed by atoms with van der Waals surface area (Å²) in [7, 11) is 0. The molecule has 44 heavy (non-hydrogen) atoms. The fraction of sp³-hybridized carbons (Fsp3) is 0.182. The van der Waals surface area contributed by atoms with Crippen LogP contribution in [0.4, 0.5) is 5.69 Å². The van der Waals surface area contributed by atoms with Gasteiger partial charge in [0.25, 0.3) is 0 Å². The number of carbonyl (C=O) groups is 2. The van der Waals surface area contributed by atoms with Gasteiger partial charge in [-0.15, -0.1) is 21.5 Å². The van der Waals surface area contributed by atoms with E-state index in [1.165, 1.54) is 51.2 Å². The maximum absolute atomic E-state index is 13.0. The Morgan fingerprint density at radius 2 is 1.66 bits per heavy atom. The molecule has 0 spiro atoms. The lowest BCUT2D eigenvalue weighted by Gasteiger charge is -2.11. The molecule has 8 nitrogen and oxygen atoms in total. The van der Waals surface area contributed by atoms with Gasteiger partial charge in [0, 0.05) is 23.8 Å². The molecule has 2 N–H and O–H groups in total. The predicted molar refractivity (Wildman–Crippen MR) is 179 cm³/mol. The van der Waals surface area contributed by atoms with Crippen molar-refractivity contribution in [3.05, 3.63) is 102 Å². The Hall–Kier alpha value is -4.19. The summed E-state index contributed by atoms with van der Waals surface area (Å²) in [4.78, 5) is 29.7. The molecular weight excluding hydrogens is 609 g/mol. The number of amides is 2. The molecule has 2 aromatic heterocycles. The van der Waals surface area contributed by atoms with Crippen molar-refractivity contribution in [1.82, 2.24) is 25.1 Å². The van der Waals surface area contributed by atoms with Crippen LogP contribution >= 0.6 is 34.9 Å². The second-order valence-electron chi connectivity index (χ2n) is 10.5. The zero-order valence-corrected chi connectivity index (χ0v) is 26.1. The van der Waals surface area contributed by atoms with Crippen LogP contribution in [0, 0.1) is 0 Å². The lowest BCUT2D eigenvalue weighted by molar-refractivity contribution is -0.118. The van der Waals surface area contributed by atoms with Gasteiger partial charge in [-0.2, -0.15) is 0 Å². The summed E-state index contributed by atoms with van der Waals surface area (Å²) >= 11 is 4.32. The quantitative estimate of drug-likeness (QED) is 0.152. The highest BCUT2D eigenvalue weighted by molar-refractivity contribution is 8.01. The number of carbonyl (C=O) groups excluding carboxylic acids is 2. The van der Waals surface area contributed by atoms with Gasteiger partial charge in [0.05, 0.1) is 21.7 Å². The van der Waals surface area contributed by atoms with Gasteiger partial charge >= 0.3 is 0 Å². The third-order valence-corrected chi connectivity index (χ3v) is 10.3. The maximum Gasteiger partial charge on any atom is 0.234 e. The van der Waals surface area contributed by atoms with Crippen molar-refractivity contribution >= 4 is 73.4 Å². The molecule has 220 valence electrons. The van der Waals surface area contributed by atoms with E-state index in [1.54, 1.807) is 0 Å². The number of thioether (sulfide) groups is 2. The van der Waals surface area contributed by atoms with Gasteiger partial charge in [0.1, 0.15) is 5.82 Å². The van der Waals surface area contributed by atoms with Crippen LogP contribution in [0.3, 0.4) is 0 Å². The molecule has 0 saturated heterocycles. The maximum atomic E-state index is 13.0. The minimum Gasteiger partial charge on any atom is -0.353 e. The third kappa shape index (κ3) is 6.64. The molecule has 0 radical (unpaired) electrons. The van der Waals surface area contributed by atoms with Crippen LogP contribution in [0.25, 0.3) is 26.7 Å². The molecule has 11 heteroatoms. The first-order valence-corrected chi connectivity index (χ1v) is 17.1. The first-order chi connectivity index (χ1) is 21.6. The average molecular weight is 637 g/mol. The number of hydrogen-bond donors (Lipinski definition) is 2. The zero-order valence-electron chi connectivity index (χ0n) is 23.6. The third-order valence-electron chi connectivity index (χ3n) is 7.20. The highest BCUT2D eigenvalue weighted by Gasteiger charge is 2.23. The number of nitrogens with zero attached hydrogens (tertiary/aromatic N) is 4. The highest BCUT2D eigenvalue weighted by Crippen LogP contribution is 2.32. The molecule has 4 aromatic carbocycles. The van der Waals surface area contributed by atoms with E-state index in [1.807, 2.05) is 59.2 Å². The summed E-state index contributed by atoms with van der Waals surface area (Å²) in [6.45, 7) is 0. The van der Waals surface area contributed by atoms with Gasteiger partial charge in [0.15, 0.2) is 9.50 Å². The normalized spacial score (nSPS) is 12.9. The van der Waals surface area contributed by atoms with E-state index in [2.05, 4.69) is 62.2 Å². The van der Waals surface area contributed by atoms with Crippen molar-refractivity contribution in [2.45, 2.75) is 34.8 Å². The fourth-order valence-electron chi connectivity index (χ4n) is 4.96. The molecular formula is C33H28N6O2S3. The summed E-state index contributed by atoms with van der Waals surface area (Å²) in [5.74, 6) is 1.25. The molecule has 7 rings (SSSR count). The molecule has 2 amide bonds. The van der Waals surface area contributed by atoms with Crippen molar-refractivity contribution in [3.8, 4) is 5.69 Å². The topological polar surface area (TPSA) is 102 Å². The highest BCUT2D eigenvalue weighted by atomic mass is 32.2. The van der Waals surface area contributed by atoms with Crippen LogP contribution in [0.1, 0.15) is 24.2 Å². The molecule has 1 fully saturated rings. The second kappa shape index (κ2) is 12.8. The largest absolute Gasteiger partial charge is 0.353 e. The van der Waals surface area contributed by atoms with Crippen LogP contribution in [-0.4, -0.2) is 49.1 Å². The molecule has 0 aliphatic heterocycles. The molecule has 0 atom stereocenters. The summed E-state index contributed by atoms with van der Waals surface area (Å²) in [5, 5.41) is 18.1. The van der Waals surface area contributed by atoms with E-state index in [9.17, 15) is 9.59 Å². The van der Waals surface area contributed by atoms with Crippen LogP contribution in [0.15, 0.2) is 100 Å². The summed E-state index contributed by atoms with van der Waals surface area (Å²) in [6.07, 6.45) is 2.76. The van der Waals surface area contributed by atoms with Crippen LogP contribution < -0.4 is 10.6 Å². The minimum atomic E-state index is -0.136. The molecule has 1 saturated carbocycles. The van der Waals surface area contributed by atoms with Gasteiger partial charge in [-0.1, -0.05) is 84.2 Å². The number of thiazole rings is 1. The molecule has 0 bridgehead atoms. The van der Waals surface area contributed by atoms with E-state index in [0.717, 1.165) is 38.9 Å². The average Bonchev–Trinajstić information content (AvgIpc) is 3.62. The summed E-state index contributed by atoms with van der Waals surface area (Å²) in [6, 6.07) is 30.7. The first-order valence-electron chi connectivity index (χ1n) is 14.3. The monoisotopic (exact) mass is 636 g/mol. The molecule has 1 aliphatic carbocycles. The molecule has 6 aromatic rings. The number of hydrogen-bond acceptors (Lipinski definition) is 8. The number of rotatable bonds is 11. The number of aromatic nitrogens is 4. The van der Waals surface area contributed by atoms with Crippen LogP contribution in [-0.2, 0) is 16.0 Å². The minimum absolute atomic E-state index is 0.0472. The Labute approximate surface area is 266 Å². The van der Waals surface area contributed by atoms with E-state index in [4.69, 9.17) is 0 Å². The molecule has 0 unspecified atom stereocenters. The summed E-state index contributed by atoms with van der Waals surface area (Å²) in [5.41, 5.74) is 3.67. The predicted octanol–water partition coefficient (Wildman–Crippen LogP) is 6.72. The van der Waals surface area contributed by atoms with Crippen molar-refractivity contribution in [2.24, 2.45) is 0 Å². The van der Waals surface area contributed by atoms with E-state index in [-0.39, 0.29) is 17.6 Å². The van der Waals surface area contributed by atoms with Gasteiger partial charge in [-0.3, -0.25) is 14.2 Å². The lowest BCUT2D eigenvalue weighted by atomic mass is 10.0. The Morgan fingerprint density at radius 1 is 0.864 bits per heavy atom. The molecule has 2 heterocycles. The number of para-hydroxylation sites is 1. The number of nitrogens with one attached hydrogen (secondary N) is 2. The Bertz CT molecular complexity index is 1960. The summed E-state index contributed by atoms with van der Waals surface area (Å²) < 4.78 is 3.83. The zero-order chi connectivity index (χ0) is 29.9. The van der Waals surface area contributed by atoms with Gasteiger partial charge in [0.2, 0.25) is 11.8 Å². The van der Waals surface area contributed by atoms with Gasteiger partial charge in [-0.05, 0) is 59.5 Å². The Balaban J connectivity index is 1.03.